The zero-order chi connectivity index (χ0) is 22.4. The standard InChI is InChI=1S/C23H25ClN6O2/c1-13-5-4-6-18(14(13)2)29-12-25-22-20(23(29)31)26-27-21-19(15-7-9-16(24)10-8-15)17(11-32-3)28-30(21)22/h7-10,12-14,18H,4-6,11H2,1-3H3. The zero-order valence-electron chi connectivity index (χ0n) is 18.3. The number of benzene rings is 1. The predicted molar refractivity (Wildman–Crippen MR) is 123 cm³/mol. The summed E-state index contributed by atoms with van der Waals surface area (Å²) in [6.45, 7) is 4.75. The normalized spacial score (nSPS) is 21.4. The molecule has 1 aromatic carbocycles. The van der Waals surface area contributed by atoms with Crippen LogP contribution in [0.2, 0.25) is 5.02 Å². The summed E-state index contributed by atoms with van der Waals surface area (Å²) < 4.78 is 8.70. The van der Waals surface area contributed by atoms with Crippen LogP contribution in [0, 0.1) is 11.8 Å². The molecule has 0 radical (unpaired) electrons. The molecule has 32 heavy (non-hydrogen) atoms. The van der Waals surface area contributed by atoms with Crippen LogP contribution in [0.1, 0.15) is 44.8 Å². The monoisotopic (exact) mass is 452 g/mol. The van der Waals surface area contributed by atoms with Crippen molar-refractivity contribution in [1.82, 2.24) is 29.4 Å². The van der Waals surface area contributed by atoms with Crippen LogP contribution in [0.25, 0.3) is 27.9 Å². The molecule has 1 fully saturated rings. The average molecular weight is 453 g/mol. The minimum atomic E-state index is -0.174. The smallest absolute Gasteiger partial charge is 0.283 e. The molecule has 5 rings (SSSR count). The van der Waals surface area contributed by atoms with Crippen molar-refractivity contribution < 1.29 is 4.74 Å². The summed E-state index contributed by atoms with van der Waals surface area (Å²) in [5.41, 5.74) is 3.34. The van der Waals surface area contributed by atoms with Crippen LogP contribution < -0.4 is 5.56 Å². The van der Waals surface area contributed by atoms with E-state index in [0.29, 0.717) is 33.8 Å². The molecule has 0 amide bonds. The first-order valence-corrected chi connectivity index (χ1v) is 11.3. The van der Waals surface area contributed by atoms with E-state index in [-0.39, 0.29) is 23.7 Å². The molecule has 0 bridgehead atoms. The fourth-order valence-electron chi connectivity index (χ4n) is 4.81. The molecule has 0 saturated heterocycles. The number of methoxy groups -OCH3 is 1. The van der Waals surface area contributed by atoms with Gasteiger partial charge in [0.25, 0.3) is 5.56 Å². The molecule has 1 aliphatic rings. The lowest BCUT2D eigenvalue weighted by molar-refractivity contribution is 0.181. The van der Waals surface area contributed by atoms with Crippen molar-refractivity contribution in [2.75, 3.05) is 7.11 Å². The topological polar surface area (TPSA) is 87.2 Å². The van der Waals surface area contributed by atoms with Crippen LogP contribution in [0.5, 0.6) is 0 Å². The second kappa shape index (κ2) is 8.26. The van der Waals surface area contributed by atoms with Gasteiger partial charge in [0.1, 0.15) is 6.33 Å². The fourth-order valence-corrected chi connectivity index (χ4v) is 4.94. The molecular weight excluding hydrogens is 428 g/mol. The maximum atomic E-state index is 13.4. The number of halogens is 1. The first-order chi connectivity index (χ1) is 15.5. The van der Waals surface area contributed by atoms with Gasteiger partial charge in [0.15, 0.2) is 16.8 Å². The minimum Gasteiger partial charge on any atom is -0.378 e. The largest absolute Gasteiger partial charge is 0.378 e. The Morgan fingerprint density at radius 1 is 1.12 bits per heavy atom. The minimum absolute atomic E-state index is 0.118. The van der Waals surface area contributed by atoms with Crippen molar-refractivity contribution in [2.45, 2.75) is 45.8 Å². The SMILES string of the molecule is COCc1nn2c(nnc3c(=O)n(C4CCCC(C)C4C)cnc32)c1-c1ccc(Cl)cc1. The van der Waals surface area contributed by atoms with Gasteiger partial charge in [0.05, 0.1) is 17.9 Å². The van der Waals surface area contributed by atoms with Gasteiger partial charge in [0, 0.05) is 18.2 Å². The molecule has 0 N–H and O–H groups in total. The number of fused-ring (bicyclic) bond motifs is 3. The Morgan fingerprint density at radius 3 is 2.66 bits per heavy atom. The van der Waals surface area contributed by atoms with Crippen molar-refractivity contribution >= 4 is 28.4 Å². The molecule has 3 aromatic heterocycles. The molecule has 8 nitrogen and oxygen atoms in total. The maximum absolute atomic E-state index is 13.4. The Hall–Kier alpha value is -2.84. The predicted octanol–water partition coefficient (Wildman–Crippen LogP) is 4.30. The molecule has 166 valence electrons. The van der Waals surface area contributed by atoms with Gasteiger partial charge in [0.2, 0.25) is 0 Å². The molecule has 9 heteroatoms. The number of ether oxygens (including phenoxy) is 1. The van der Waals surface area contributed by atoms with Gasteiger partial charge < -0.3 is 4.74 Å². The average Bonchev–Trinajstić information content (AvgIpc) is 3.15. The molecule has 3 heterocycles. The Labute approximate surface area is 190 Å². The van der Waals surface area contributed by atoms with Gasteiger partial charge in [-0.2, -0.15) is 9.61 Å². The third kappa shape index (κ3) is 3.38. The molecule has 1 saturated carbocycles. The molecule has 4 aromatic rings. The van der Waals surface area contributed by atoms with Crippen LogP contribution in [-0.4, -0.2) is 36.5 Å². The van der Waals surface area contributed by atoms with Gasteiger partial charge in [-0.3, -0.25) is 9.36 Å². The van der Waals surface area contributed by atoms with Gasteiger partial charge in [-0.15, -0.1) is 10.2 Å². The second-order valence-corrected chi connectivity index (χ2v) is 9.10. The van der Waals surface area contributed by atoms with Crippen molar-refractivity contribution in [1.29, 1.82) is 0 Å². The summed E-state index contributed by atoms with van der Waals surface area (Å²) in [6.07, 6.45) is 4.91. The van der Waals surface area contributed by atoms with Crippen LogP contribution in [0.4, 0.5) is 0 Å². The highest BCUT2D eigenvalue weighted by Crippen LogP contribution is 2.37. The Morgan fingerprint density at radius 2 is 1.91 bits per heavy atom. The molecule has 0 aliphatic heterocycles. The molecule has 3 unspecified atom stereocenters. The Balaban J connectivity index is 1.70. The van der Waals surface area contributed by atoms with Crippen LogP contribution >= 0.6 is 11.6 Å². The highest BCUT2D eigenvalue weighted by Gasteiger charge is 2.30. The number of nitrogens with zero attached hydrogens (tertiary/aromatic N) is 6. The molecule has 0 spiro atoms. The van der Waals surface area contributed by atoms with E-state index >= 15 is 0 Å². The van der Waals surface area contributed by atoms with E-state index in [2.05, 4.69) is 34.1 Å². The highest BCUT2D eigenvalue weighted by molar-refractivity contribution is 6.30. The summed E-state index contributed by atoms with van der Waals surface area (Å²) in [5.74, 6) is 0.960. The highest BCUT2D eigenvalue weighted by atomic mass is 35.5. The number of aromatic nitrogens is 6. The number of rotatable bonds is 4. The van der Waals surface area contributed by atoms with E-state index in [1.165, 1.54) is 6.42 Å². The van der Waals surface area contributed by atoms with Gasteiger partial charge in [-0.25, -0.2) is 4.98 Å². The van der Waals surface area contributed by atoms with Crippen molar-refractivity contribution in [2.24, 2.45) is 11.8 Å². The van der Waals surface area contributed by atoms with Crippen molar-refractivity contribution in [3.63, 3.8) is 0 Å². The quantitative estimate of drug-likeness (QED) is 0.458. The molecule has 3 atom stereocenters. The van der Waals surface area contributed by atoms with E-state index < -0.39 is 0 Å². The summed E-state index contributed by atoms with van der Waals surface area (Å²) in [4.78, 5) is 18.0. The van der Waals surface area contributed by atoms with Gasteiger partial charge >= 0.3 is 0 Å². The fraction of sp³-hybridized carbons (Fsp3) is 0.435. The Kier molecular flexibility index (Phi) is 5.43. The third-order valence-corrected chi connectivity index (χ3v) is 7.02. The van der Waals surface area contributed by atoms with Crippen molar-refractivity contribution in [3.8, 4) is 11.1 Å². The van der Waals surface area contributed by atoms with Gasteiger partial charge in [-0.1, -0.05) is 50.4 Å². The maximum Gasteiger partial charge on any atom is 0.283 e. The van der Waals surface area contributed by atoms with E-state index in [1.54, 1.807) is 22.5 Å². The lowest BCUT2D eigenvalue weighted by Gasteiger charge is -2.34. The van der Waals surface area contributed by atoms with Crippen LogP contribution in [0.3, 0.4) is 0 Å². The van der Waals surface area contributed by atoms with Gasteiger partial charge in [-0.05, 0) is 36.0 Å². The third-order valence-electron chi connectivity index (χ3n) is 6.77. The second-order valence-electron chi connectivity index (χ2n) is 8.66. The Bertz CT molecular complexity index is 1350. The van der Waals surface area contributed by atoms with E-state index in [4.69, 9.17) is 16.3 Å². The molecule has 1 aliphatic carbocycles. The summed E-state index contributed by atoms with van der Waals surface area (Å²) >= 11 is 6.07. The number of hydrogen-bond acceptors (Lipinski definition) is 6. The first kappa shape index (κ1) is 21.0. The van der Waals surface area contributed by atoms with Crippen LogP contribution in [-0.2, 0) is 11.3 Å². The lowest BCUT2D eigenvalue weighted by atomic mass is 9.78. The lowest BCUT2D eigenvalue weighted by Crippen LogP contribution is -2.34. The number of hydrogen-bond donors (Lipinski definition) is 0. The summed E-state index contributed by atoms with van der Waals surface area (Å²) in [6, 6.07) is 7.55. The molecular formula is C23H25ClN6O2. The van der Waals surface area contributed by atoms with E-state index in [1.807, 2.05) is 24.3 Å². The van der Waals surface area contributed by atoms with E-state index in [9.17, 15) is 4.79 Å². The first-order valence-electron chi connectivity index (χ1n) is 10.9. The van der Waals surface area contributed by atoms with Crippen molar-refractivity contribution in [3.05, 3.63) is 51.7 Å². The summed E-state index contributed by atoms with van der Waals surface area (Å²) in [5, 5.41) is 14.0. The summed E-state index contributed by atoms with van der Waals surface area (Å²) in [7, 11) is 1.61. The van der Waals surface area contributed by atoms with E-state index in [0.717, 1.165) is 24.0 Å². The zero-order valence-corrected chi connectivity index (χ0v) is 19.1. The van der Waals surface area contributed by atoms with Crippen LogP contribution in [0.15, 0.2) is 35.4 Å².